The van der Waals surface area contributed by atoms with Crippen molar-refractivity contribution in [1.29, 1.82) is 5.26 Å². The molecule has 1 heterocycles. The van der Waals surface area contributed by atoms with Crippen LogP contribution >= 0.6 is 22.9 Å². The van der Waals surface area contributed by atoms with E-state index in [1.54, 1.807) is 6.92 Å². The summed E-state index contributed by atoms with van der Waals surface area (Å²) in [4.78, 5) is 24.4. The van der Waals surface area contributed by atoms with Crippen LogP contribution in [0.2, 0.25) is 5.02 Å². The Bertz CT molecular complexity index is 825. The van der Waals surface area contributed by atoms with Gasteiger partial charge in [-0.25, -0.2) is 4.79 Å². The van der Waals surface area contributed by atoms with Gasteiger partial charge in [-0.2, -0.15) is 5.26 Å². The number of halogens is 1. The van der Waals surface area contributed by atoms with Gasteiger partial charge in [0, 0.05) is 10.1 Å². The smallest absolute Gasteiger partial charge is 0.350 e. The van der Waals surface area contributed by atoms with Gasteiger partial charge in [-0.1, -0.05) is 43.6 Å². The number of rotatable bonds is 5. The summed E-state index contributed by atoms with van der Waals surface area (Å²) < 4.78 is 5.91. The Labute approximate surface area is 149 Å². The van der Waals surface area contributed by atoms with Gasteiger partial charge in [0.1, 0.15) is 10.4 Å². The second-order valence-corrected chi connectivity index (χ2v) is 7.26. The maximum atomic E-state index is 12.2. The predicted molar refractivity (Wildman–Crippen MR) is 94.1 cm³/mol. The lowest BCUT2D eigenvalue weighted by Crippen LogP contribution is -2.50. The normalized spacial score (nSPS) is 13.3. The molecular formula is C17H17ClN2O3S. The number of nitrogens with zero attached hydrogens (tertiary/aromatic N) is 1. The molecule has 0 aliphatic rings. The Morgan fingerprint density at radius 2 is 2.08 bits per heavy atom. The highest BCUT2D eigenvalue weighted by Crippen LogP contribution is 2.35. The Morgan fingerprint density at radius 1 is 1.42 bits per heavy atom. The van der Waals surface area contributed by atoms with Crippen molar-refractivity contribution < 1.29 is 14.3 Å². The highest BCUT2D eigenvalue weighted by molar-refractivity contribution is 7.21. The van der Waals surface area contributed by atoms with Crippen LogP contribution in [0.4, 0.5) is 0 Å². The number of hydrogen-bond donors (Lipinski definition) is 1. The van der Waals surface area contributed by atoms with Crippen molar-refractivity contribution in [2.45, 2.75) is 26.3 Å². The van der Waals surface area contributed by atoms with E-state index >= 15 is 0 Å². The number of carbonyl (C=O) groups is 2. The van der Waals surface area contributed by atoms with Gasteiger partial charge in [-0.3, -0.25) is 4.79 Å². The monoisotopic (exact) mass is 364 g/mol. The Morgan fingerprint density at radius 3 is 2.67 bits per heavy atom. The molecule has 0 spiro atoms. The fourth-order valence-electron chi connectivity index (χ4n) is 1.97. The van der Waals surface area contributed by atoms with Crippen molar-refractivity contribution >= 4 is 44.9 Å². The molecule has 7 heteroatoms. The van der Waals surface area contributed by atoms with Crippen molar-refractivity contribution in [2.75, 3.05) is 6.61 Å². The molecule has 0 bridgehead atoms. The van der Waals surface area contributed by atoms with Crippen molar-refractivity contribution in [3.8, 4) is 6.07 Å². The lowest BCUT2D eigenvalue weighted by molar-refractivity contribution is -0.125. The molecule has 0 aliphatic heterocycles. The quantitative estimate of drug-likeness (QED) is 0.819. The van der Waals surface area contributed by atoms with Gasteiger partial charge >= 0.3 is 5.97 Å². The molecule has 1 atom stereocenters. The third-order valence-corrected chi connectivity index (χ3v) is 5.50. The van der Waals surface area contributed by atoms with Gasteiger partial charge < -0.3 is 10.1 Å². The standard InChI is InChI=1S/C17H17ClN2O3S/c1-10(2)17(3,9-19)20-13(21)8-23-16(22)15-14(18)11-6-4-5-7-12(11)24-15/h4-7,10H,8H2,1-3H3,(H,20,21)/t17-/m0/s1. The Hall–Kier alpha value is -2.10. The van der Waals surface area contributed by atoms with Crippen LogP contribution in [0.5, 0.6) is 0 Å². The Balaban J connectivity index is 2.04. The van der Waals surface area contributed by atoms with Crippen LogP contribution in [0.3, 0.4) is 0 Å². The van der Waals surface area contributed by atoms with Gasteiger partial charge in [-0.05, 0) is 18.9 Å². The number of nitrogens with one attached hydrogen (secondary N) is 1. The molecule has 2 rings (SSSR count). The molecule has 0 saturated heterocycles. The molecule has 0 radical (unpaired) electrons. The van der Waals surface area contributed by atoms with Crippen molar-refractivity contribution in [1.82, 2.24) is 5.32 Å². The van der Waals surface area contributed by atoms with E-state index in [4.69, 9.17) is 16.3 Å². The summed E-state index contributed by atoms with van der Waals surface area (Å²) in [6.45, 7) is 4.81. The number of amides is 1. The van der Waals surface area contributed by atoms with Crippen LogP contribution in [0.1, 0.15) is 30.4 Å². The minimum Gasteiger partial charge on any atom is -0.451 e. The van der Waals surface area contributed by atoms with Crippen LogP contribution in [-0.2, 0) is 9.53 Å². The summed E-state index contributed by atoms with van der Waals surface area (Å²) in [5, 5.41) is 12.9. The molecule has 1 aromatic heterocycles. The van der Waals surface area contributed by atoms with Crippen molar-refractivity contribution in [3.63, 3.8) is 0 Å². The van der Waals surface area contributed by atoms with Crippen molar-refractivity contribution in [3.05, 3.63) is 34.2 Å². The first-order chi connectivity index (χ1) is 11.3. The number of benzene rings is 1. The topological polar surface area (TPSA) is 79.2 Å². The molecule has 0 aliphatic carbocycles. The zero-order valence-corrected chi connectivity index (χ0v) is 15.1. The molecule has 5 nitrogen and oxygen atoms in total. The minimum atomic E-state index is -1.02. The van der Waals surface area contributed by atoms with E-state index in [-0.39, 0.29) is 10.8 Å². The zero-order valence-electron chi connectivity index (χ0n) is 13.6. The Kier molecular flexibility index (Phi) is 5.47. The number of carbonyl (C=O) groups excluding carboxylic acids is 2. The highest BCUT2D eigenvalue weighted by Gasteiger charge is 2.30. The lowest BCUT2D eigenvalue weighted by Gasteiger charge is -2.27. The zero-order chi connectivity index (χ0) is 17.9. The third-order valence-electron chi connectivity index (χ3n) is 3.84. The number of thiophene rings is 1. The maximum absolute atomic E-state index is 12.2. The van der Waals surface area contributed by atoms with E-state index in [9.17, 15) is 14.9 Å². The second-order valence-electron chi connectivity index (χ2n) is 5.83. The van der Waals surface area contributed by atoms with Gasteiger partial charge in [-0.15, -0.1) is 11.3 Å². The highest BCUT2D eigenvalue weighted by atomic mass is 35.5. The summed E-state index contributed by atoms with van der Waals surface area (Å²) >= 11 is 7.42. The molecule has 1 N–H and O–H groups in total. The first kappa shape index (κ1) is 18.2. The molecule has 1 aromatic carbocycles. The number of ether oxygens (including phenoxy) is 1. The fraction of sp³-hybridized carbons (Fsp3) is 0.353. The molecule has 0 unspecified atom stereocenters. The van der Waals surface area contributed by atoms with E-state index < -0.39 is 24.0 Å². The lowest BCUT2D eigenvalue weighted by atomic mass is 9.90. The second kappa shape index (κ2) is 7.20. The summed E-state index contributed by atoms with van der Waals surface area (Å²) in [6, 6.07) is 9.42. The fourth-order valence-corrected chi connectivity index (χ4v) is 3.37. The van der Waals surface area contributed by atoms with Gasteiger partial charge in [0.25, 0.3) is 5.91 Å². The van der Waals surface area contributed by atoms with Crippen LogP contribution < -0.4 is 5.32 Å². The number of nitriles is 1. The number of fused-ring (bicyclic) bond motifs is 1. The average molecular weight is 365 g/mol. The molecule has 126 valence electrons. The molecule has 1 amide bonds. The van der Waals surface area contributed by atoms with Crippen LogP contribution in [0, 0.1) is 17.2 Å². The van der Waals surface area contributed by atoms with E-state index in [1.165, 1.54) is 11.3 Å². The molecule has 24 heavy (non-hydrogen) atoms. The number of esters is 1. The van der Waals surface area contributed by atoms with Crippen LogP contribution in [-0.4, -0.2) is 24.0 Å². The molecule has 2 aromatic rings. The maximum Gasteiger partial charge on any atom is 0.350 e. The van der Waals surface area contributed by atoms with Crippen LogP contribution in [0.25, 0.3) is 10.1 Å². The van der Waals surface area contributed by atoms with Crippen molar-refractivity contribution in [2.24, 2.45) is 5.92 Å². The molecular weight excluding hydrogens is 348 g/mol. The first-order valence-electron chi connectivity index (χ1n) is 7.35. The molecule has 0 fully saturated rings. The number of hydrogen-bond acceptors (Lipinski definition) is 5. The predicted octanol–water partition coefficient (Wildman–Crippen LogP) is 3.77. The van der Waals surface area contributed by atoms with E-state index in [1.807, 2.05) is 38.1 Å². The van der Waals surface area contributed by atoms with E-state index in [0.29, 0.717) is 5.02 Å². The van der Waals surface area contributed by atoms with Gasteiger partial charge in [0.15, 0.2) is 6.61 Å². The van der Waals surface area contributed by atoms with Gasteiger partial charge in [0.05, 0.1) is 11.1 Å². The first-order valence-corrected chi connectivity index (χ1v) is 8.54. The summed E-state index contributed by atoms with van der Waals surface area (Å²) in [7, 11) is 0. The largest absolute Gasteiger partial charge is 0.451 e. The van der Waals surface area contributed by atoms with E-state index in [0.717, 1.165) is 10.1 Å². The van der Waals surface area contributed by atoms with Crippen LogP contribution in [0.15, 0.2) is 24.3 Å². The van der Waals surface area contributed by atoms with Gasteiger partial charge in [0.2, 0.25) is 0 Å². The molecule has 0 saturated carbocycles. The van der Waals surface area contributed by atoms with E-state index in [2.05, 4.69) is 11.4 Å². The SMILES string of the molecule is CC(C)[C@](C)(C#N)NC(=O)COC(=O)c1sc2ccccc2c1Cl. The summed E-state index contributed by atoms with van der Waals surface area (Å²) in [5.41, 5.74) is -1.02. The minimum absolute atomic E-state index is 0.0841. The summed E-state index contributed by atoms with van der Waals surface area (Å²) in [5.74, 6) is -1.27. The summed E-state index contributed by atoms with van der Waals surface area (Å²) in [6.07, 6.45) is 0. The average Bonchev–Trinajstić information content (AvgIpc) is 2.89. The third kappa shape index (κ3) is 3.69.